The third-order valence-electron chi connectivity index (χ3n) is 2.20. The highest BCUT2D eigenvalue weighted by atomic mass is 79.9. The van der Waals surface area contributed by atoms with Gasteiger partial charge in [0.05, 0.1) is 6.20 Å². The first-order chi connectivity index (χ1) is 6.29. The molecular weight excluding hydrogens is 230 g/mol. The fourth-order valence-electron chi connectivity index (χ4n) is 1.18. The van der Waals surface area contributed by atoms with Crippen LogP contribution in [0.3, 0.4) is 0 Å². The molecular formula is C9H12BrN3. The van der Waals surface area contributed by atoms with Gasteiger partial charge in [0.25, 0.3) is 0 Å². The zero-order valence-electron chi connectivity index (χ0n) is 7.41. The Bertz CT molecular complexity index is 314. The number of aromatic nitrogens is 3. The molecule has 1 aliphatic rings. The van der Waals surface area contributed by atoms with Crippen LogP contribution in [0.5, 0.6) is 0 Å². The maximum absolute atomic E-state index is 4.05. The summed E-state index contributed by atoms with van der Waals surface area (Å²) in [5.41, 5.74) is 1.89. The summed E-state index contributed by atoms with van der Waals surface area (Å²) in [6, 6.07) is 0. The van der Waals surface area contributed by atoms with Gasteiger partial charge in [0, 0.05) is 11.9 Å². The molecule has 0 spiro atoms. The van der Waals surface area contributed by atoms with Gasteiger partial charge in [0.15, 0.2) is 0 Å². The Morgan fingerprint density at radius 2 is 2.46 bits per heavy atom. The van der Waals surface area contributed by atoms with E-state index in [1.165, 1.54) is 12.8 Å². The minimum absolute atomic E-state index is 0.759. The van der Waals surface area contributed by atoms with E-state index < -0.39 is 0 Å². The van der Waals surface area contributed by atoms with Gasteiger partial charge in [-0.05, 0) is 24.3 Å². The number of alkyl halides is 1. The lowest BCUT2D eigenvalue weighted by Crippen LogP contribution is -1.99. The fourth-order valence-corrected chi connectivity index (χ4v) is 1.47. The van der Waals surface area contributed by atoms with Crippen LogP contribution in [0.2, 0.25) is 0 Å². The van der Waals surface area contributed by atoms with E-state index in [1.807, 2.05) is 10.9 Å². The van der Waals surface area contributed by atoms with E-state index in [9.17, 15) is 0 Å². The van der Waals surface area contributed by atoms with Gasteiger partial charge in [-0.25, -0.2) is 0 Å². The van der Waals surface area contributed by atoms with Gasteiger partial charge in [-0.2, -0.15) is 0 Å². The molecule has 0 aliphatic heterocycles. The minimum atomic E-state index is 0.759. The molecule has 0 amide bonds. The van der Waals surface area contributed by atoms with Crippen LogP contribution in [0.4, 0.5) is 0 Å². The zero-order chi connectivity index (χ0) is 9.26. The smallest absolute Gasteiger partial charge is 0.109 e. The predicted octanol–water partition coefficient (Wildman–Crippen LogP) is 2.10. The summed E-state index contributed by atoms with van der Waals surface area (Å²) < 4.78 is 1.92. The molecule has 4 heteroatoms. The van der Waals surface area contributed by atoms with Crippen LogP contribution in [0, 0.1) is 5.92 Å². The number of rotatable bonds is 4. The number of allylic oxidation sites excluding steroid dienone is 1. The molecule has 0 bridgehead atoms. The highest BCUT2D eigenvalue weighted by Gasteiger charge is 2.22. The Hall–Kier alpha value is -0.640. The Morgan fingerprint density at radius 1 is 1.69 bits per heavy atom. The van der Waals surface area contributed by atoms with Gasteiger partial charge < -0.3 is 0 Å². The second kappa shape index (κ2) is 3.62. The standard InChI is InChI=1S/C9H12BrN3/c1-7(4-10)9-6-13(12-11-9)5-8-2-3-8/h6,8H,1-5H2. The summed E-state index contributed by atoms with van der Waals surface area (Å²) in [7, 11) is 0. The minimum Gasteiger partial charge on any atom is -0.252 e. The molecule has 1 aliphatic carbocycles. The average Bonchev–Trinajstić information content (AvgIpc) is 2.81. The quantitative estimate of drug-likeness (QED) is 0.757. The van der Waals surface area contributed by atoms with Crippen molar-refractivity contribution in [3.63, 3.8) is 0 Å². The Kier molecular flexibility index (Phi) is 2.49. The zero-order valence-corrected chi connectivity index (χ0v) is 9.00. The molecule has 1 aromatic rings. The highest BCUT2D eigenvalue weighted by Crippen LogP contribution is 2.30. The van der Waals surface area contributed by atoms with Crippen molar-refractivity contribution in [2.75, 3.05) is 5.33 Å². The summed E-state index contributed by atoms with van der Waals surface area (Å²) in [6.07, 6.45) is 4.66. The number of hydrogen-bond acceptors (Lipinski definition) is 2. The first kappa shape index (κ1) is 8.94. The third-order valence-corrected chi connectivity index (χ3v) is 2.88. The van der Waals surface area contributed by atoms with Crippen molar-refractivity contribution in [1.82, 2.24) is 15.0 Å². The molecule has 0 unspecified atom stereocenters. The maximum atomic E-state index is 4.05. The summed E-state index contributed by atoms with van der Waals surface area (Å²) in [4.78, 5) is 0. The summed E-state index contributed by atoms with van der Waals surface area (Å²) in [5, 5.41) is 8.86. The lowest BCUT2D eigenvalue weighted by atomic mass is 10.3. The van der Waals surface area contributed by atoms with Crippen molar-refractivity contribution < 1.29 is 0 Å². The molecule has 3 nitrogen and oxygen atoms in total. The molecule has 0 saturated heterocycles. The van der Waals surface area contributed by atoms with Crippen molar-refractivity contribution in [3.8, 4) is 0 Å². The maximum Gasteiger partial charge on any atom is 0.109 e. The number of halogens is 1. The van der Waals surface area contributed by atoms with E-state index in [4.69, 9.17) is 0 Å². The average molecular weight is 242 g/mol. The normalized spacial score (nSPS) is 16.1. The second-order valence-corrected chi connectivity index (χ2v) is 4.07. The van der Waals surface area contributed by atoms with Crippen LogP contribution in [0.25, 0.3) is 5.57 Å². The first-order valence-electron chi connectivity index (χ1n) is 4.44. The van der Waals surface area contributed by atoms with E-state index >= 15 is 0 Å². The summed E-state index contributed by atoms with van der Waals surface area (Å²) in [5.74, 6) is 0.840. The van der Waals surface area contributed by atoms with E-state index in [0.29, 0.717) is 0 Å². The van der Waals surface area contributed by atoms with Crippen molar-refractivity contribution in [3.05, 3.63) is 18.5 Å². The van der Waals surface area contributed by atoms with Crippen molar-refractivity contribution >= 4 is 21.5 Å². The molecule has 13 heavy (non-hydrogen) atoms. The van der Waals surface area contributed by atoms with E-state index in [1.54, 1.807) is 0 Å². The molecule has 2 rings (SSSR count). The summed E-state index contributed by atoms with van der Waals surface area (Å²) in [6.45, 7) is 4.91. The van der Waals surface area contributed by atoms with Crippen molar-refractivity contribution in [2.45, 2.75) is 19.4 Å². The monoisotopic (exact) mass is 241 g/mol. The van der Waals surface area contributed by atoms with Gasteiger partial charge in [0.2, 0.25) is 0 Å². The molecule has 70 valence electrons. The van der Waals surface area contributed by atoms with Crippen LogP contribution in [0.1, 0.15) is 18.5 Å². The number of nitrogens with zero attached hydrogens (tertiary/aromatic N) is 3. The lowest BCUT2D eigenvalue weighted by molar-refractivity contribution is 0.544. The molecule has 0 N–H and O–H groups in total. The van der Waals surface area contributed by atoms with Crippen LogP contribution in [-0.4, -0.2) is 20.3 Å². The van der Waals surface area contributed by atoms with E-state index in [0.717, 1.165) is 29.1 Å². The van der Waals surface area contributed by atoms with Crippen molar-refractivity contribution in [2.24, 2.45) is 5.92 Å². The highest BCUT2D eigenvalue weighted by molar-refractivity contribution is 9.09. The van der Waals surface area contributed by atoms with E-state index in [2.05, 4.69) is 32.8 Å². The topological polar surface area (TPSA) is 30.7 Å². The number of hydrogen-bond donors (Lipinski definition) is 0. The van der Waals surface area contributed by atoms with Gasteiger partial charge >= 0.3 is 0 Å². The van der Waals surface area contributed by atoms with E-state index in [-0.39, 0.29) is 0 Å². The van der Waals surface area contributed by atoms with Crippen LogP contribution in [0.15, 0.2) is 12.8 Å². The fraction of sp³-hybridized carbons (Fsp3) is 0.556. The van der Waals surface area contributed by atoms with Gasteiger partial charge in [-0.15, -0.1) is 5.10 Å². The van der Waals surface area contributed by atoms with Gasteiger partial charge in [0.1, 0.15) is 5.69 Å². The summed E-state index contributed by atoms with van der Waals surface area (Å²) >= 11 is 3.35. The van der Waals surface area contributed by atoms with Crippen molar-refractivity contribution in [1.29, 1.82) is 0 Å². The largest absolute Gasteiger partial charge is 0.252 e. The van der Waals surface area contributed by atoms with Crippen LogP contribution >= 0.6 is 15.9 Å². The SMILES string of the molecule is C=C(CBr)c1cn(CC2CC2)nn1. The Labute approximate surface area is 86.0 Å². The Balaban J connectivity index is 2.03. The van der Waals surface area contributed by atoms with Gasteiger partial charge in [-0.3, -0.25) is 4.68 Å². The lowest BCUT2D eigenvalue weighted by Gasteiger charge is -1.95. The van der Waals surface area contributed by atoms with Gasteiger partial charge in [-0.1, -0.05) is 27.7 Å². The Morgan fingerprint density at radius 3 is 3.08 bits per heavy atom. The molecule has 0 radical (unpaired) electrons. The molecule has 1 saturated carbocycles. The second-order valence-electron chi connectivity index (χ2n) is 3.51. The molecule has 1 heterocycles. The predicted molar refractivity (Wildman–Crippen MR) is 55.6 cm³/mol. The molecule has 1 aromatic heterocycles. The van der Waals surface area contributed by atoms with Crippen LogP contribution < -0.4 is 0 Å². The van der Waals surface area contributed by atoms with Crippen LogP contribution in [-0.2, 0) is 6.54 Å². The molecule has 0 aromatic carbocycles. The third kappa shape index (κ3) is 2.18. The molecule has 0 atom stereocenters. The molecule has 1 fully saturated rings. The first-order valence-corrected chi connectivity index (χ1v) is 5.56.